The smallest absolute Gasteiger partial charge is 0.326 e. The van der Waals surface area contributed by atoms with Crippen LogP contribution < -0.4 is 10.2 Å². The first-order valence-electron chi connectivity index (χ1n) is 8.06. The zero-order valence-electron chi connectivity index (χ0n) is 14.2. The minimum absolute atomic E-state index is 0.0462. The van der Waals surface area contributed by atoms with E-state index in [9.17, 15) is 22.8 Å². The molecule has 0 fully saturated rings. The first kappa shape index (κ1) is 19.5. The molecular formula is C19H19F3N2O2. The van der Waals surface area contributed by atoms with Crippen LogP contribution in [0.25, 0.3) is 0 Å². The minimum atomic E-state index is -4.46. The fourth-order valence-electron chi connectivity index (χ4n) is 2.36. The highest BCUT2D eigenvalue weighted by Crippen LogP contribution is 2.30. The van der Waals surface area contributed by atoms with Crippen LogP contribution in [0.4, 0.5) is 24.5 Å². The lowest BCUT2D eigenvalue weighted by Gasteiger charge is -2.17. The van der Waals surface area contributed by atoms with Gasteiger partial charge in [-0.3, -0.25) is 9.59 Å². The van der Waals surface area contributed by atoms with E-state index in [1.165, 1.54) is 17.0 Å². The predicted octanol–water partition coefficient (Wildman–Crippen LogP) is 4.48. The third kappa shape index (κ3) is 5.61. The predicted molar refractivity (Wildman–Crippen MR) is 93.8 cm³/mol. The molecule has 0 bridgehead atoms. The van der Waals surface area contributed by atoms with Gasteiger partial charge in [0.05, 0.1) is 5.56 Å². The lowest BCUT2D eigenvalue weighted by Crippen LogP contribution is -2.26. The maximum Gasteiger partial charge on any atom is 0.416 e. The van der Waals surface area contributed by atoms with Crippen molar-refractivity contribution in [2.75, 3.05) is 17.3 Å². The monoisotopic (exact) mass is 364 g/mol. The first-order chi connectivity index (χ1) is 12.3. The quantitative estimate of drug-likeness (QED) is 0.822. The fraction of sp³-hybridized carbons (Fsp3) is 0.263. The van der Waals surface area contributed by atoms with Crippen molar-refractivity contribution in [1.82, 2.24) is 0 Å². The number of alkyl halides is 3. The van der Waals surface area contributed by atoms with Gasteiger partial charge in [0.15, 0.2) is 0 Å². The van der Waals surface area contributed by atoms with Gasteiger partial charge < -0.3 is 10.2 Å². The zero-order chi connectivity index (χ0) is 19.2. The second-order valence-electron chi connectivity index (χ2n) is 5.77. The fourth-order valence-corrected chi connectivity index (χ4v) is 2.36. The van der Waals surface area contributed by atoms with E-state index in [4.69, 9.17) is 0 Å². The number of nitrogens with zero attached hydrogens (tertiary/aromatic N) is 1. The van der Waals surface area contributed by atoms with Gasteiger partial charge in [-0.2, -0.15) is 13.2 Å². The molecule has 0 spiro atoms. The highest BCUT2D eigenvalue weighted by atomic mass is 19.4. The van der Waals surface area contributed by atoms with Crippen LogP contribution in [-0.2, 0) is 15.8 Å². The topological polar surface area (TPSA) is 49.4 Å². The van der Waals surface area contributed by atoms with Crippen molar-refractivity contribution in [3.63, 3.8) is 0 Å². The zero-order valence-corrected chi connectivity index (χ0v) is 14.2. The van der Waals surface area contributed by atoms with Crippen molar-refractivity contribution in [2.24, 2.45) is 0 Å². The van der Waals surface area contributed by atoms with Crippen LogP contribution in [-0.4, -0.2) is 18.9 Å². The molecule has 0 atom stereocenters. The summed E-state index contributed by atoms with van der Waals surface area (Å²) in [7, 11) is 1.65. The molecule has 2 amide bonds. The molecule has 2 aromatic carbocycles. The van der Waals surface area contributed by atoms with Crippen LogP contribution in [0.15, 0.2) is 54.6 Å². The molecule has 0 saturated carbocycles. The molecule has 26 heavy (non-hydrogen) atoms. The molecule has 0 saturated heterocycles. The molecule has 0 unspecified atom stereocenters. The number of hydrogen-bond acceptors (Lipinski definition) is 2. The van der Waals surface area contributed by atoms with Crippen molar-refractivity contribution >= 4 is 23.2 Å². The van der Waals surface area contributed by atoms with Gasteiger partial charge in [-0.25, -0.2) is 0 Å². The van der Waals surface area contributed by atoms with E-state index in [2.05, 4.69) is 5.32 Å². The number of benzene rings is 2. The highest BCUT2D eigenvalue weighted by molar-refractivity contribution is 5.94. The number of para-hydroxylation sites is 1. The molecule has 0 radical (unpaired) electrons. The van der Waals surface area contributed by atoms with Gasteiger partial charge in [0.2, 0.25) is 11.8 Å². The molecule has 1 N–H and O–H groups in total. The summed E-state index contributed by atoms with van der Waals surface area (Å²) in [5.74, 6) is -0.567. The molecule has 4 nitrogen and oxygen atoms in total. The SMILES string of the molecule is CN(C(=O)CCCC(=O)Nc1cccc(C(F)(F)F)c1)c1ccccc1. The summed E-state index contributed by atoms with van der Waals surface area (Å²) in [6, 6.07) is 13.5. The molecule has 0 aliphatic carbocycles. The molecule has 2 rings (SSSR count). The Morgan fingerprint density at radius 3 is 2.35 bits per heavy atom. The van der Waals surface area contributed by atoms with Gasteiger partial charge in [0.25, 0.3) is 0 Å². The number of amides is 2. The van der Waals surface area contributed by atoms with Crippen molar-refractivity contribution < 1.29 is 22.8 Å². The van der Waals surface area contributed by atoms with Crippen molar-refractivity contribution in [3.05, 3.63) is 60.2 Å². The molecule has 0 heterocycles. The standard InChI is InChI=1S/C19H19F3N2O2/c1-24(16-9-3-2-4-10-16)18(26)12-6-11-17(25)23-15-8-5-7-14(13-15)19(20,21)22/h2-5,7-10,13H,6,11-12H2,1H3,(H,23,25). The molecule has 138 valence electrons. The third-order valence-electron chi connectivity index (χ3n) is 3.79. The Labute approximate surface area is 149 Å². The average Bonchev–Trinajstić information content (AvgIpc) is 2.61. The Kier molecular flexibility index (Phi) is 6.38. The van der Waals surface area contributed by atoms with Crippen LogP contribution >= 0.6 is 0 Å². The average molecular weight is 364 g/mol. The number of hydrogen-bond donors (Lipinski definition) is 1. The number of carbonyl (C=O) groups is 2. The highest BCUT2D eigenvalue weighted by Gasteiger charge is 2.30. The third-order valence-corrected chi connectivity index (χ3v) is 3.79. The largest absolute Gasteiger partial charge is 0.416 e. The number of rotatable bonds is 6. The van der Waals surface area contributed by atoms with Gasteiger partial charge >= 0.3 is 6.18 Å². The number of nitrogens with one attached hydrogen (secondary N) is 1. The lowest BCUT2D eigenvalue weighted by molar-refractivity contribution is -0.137. The van der Waals surface area contributed by atoms with Crippen LogP contribution in [0, 0.1) is 0 Å². The van der Waals surface area contributed by atoms with Gasteiger partial charge in [-0.15, -0.1) is 0 Å². The van der Waals surface area contributed by atoms with E-state index >= 15 is 0 Å². The summed E-state index contributed by atoms with van der Waals surface area (Å²) in [5, 5.41) is 2.43. The van der Waals surface area contributed by atoms with Gasteiger partial charge in [-0.1, -0.05) is 24.3 Å². The molecule has 0 aliphatic rings. The Bertz CT molecular complexity index is 761. The van der Waals surface area contributed by atoms with Crippen LogP contribution in [0.5, 0.6) is 0 Å². The number of anilines is 2. The maximum atomic E-state index is 12.7. The summed E-state index contributed by atoms with van der Waals surface area (Å²) < 4.78 is 38.0. The Hall–Kier alpha value is -2.83. The normalized spacial score (nSPS) is 11.1. The van der Waals surface area contributed by atoms with E-state index in [0.29, 0.717) is 6.42 Å². The Morgan fingerprint density at radius 2 is 1.69 bits per heavy atom. The summed E-state index contributed by atoms with van der Waals surface area (Å²) >= 11 is 0. The minimum Gasteiger partial charge on any atom is -0.326 e. The van der Waals surface area contributed by atoms with Gasteiger partial charge in [-0.05, 0) is 36.8 Å². The molecule has 0 aliphatic heterocycles. The van der Waals surface area contributed by atoms with E-state index < -0.39 is 17.6 Å². The van der Waals surface area contributed by atoms with Gasteiger partial charge in [0.1, 0.15) is 0 Å². The van der Waals surface area contributed by atoms with Crippen LogP contribution in [0.1, 0.15) is 24.8 Å². The number of halogens is 3. The van der Waals surface area contributed by atoms with Crippen LogP contribution in [0.3, 0.4) is 0 Å². The first-order valence-corrected chi connectivity index (χ1v) is 8.06. The second-order valence-corrected chi connectivity index (χ2v) is 5.77. The summed E-state index contributed by atoms with van der Waals surface area (Å²) in [6.45, 7) is 0. The van der Waals surface area contributed by atoms with Crippen molar-refractivity contribution in [1.29, 1.82) is 0 Å². The molecule has 2 aromatic rings. The summed E-state index contributed by atoms with van der Waals surface area (Å²) in [5.41, 5.74) is 0.0124. The lowest BCUT2D eigenvalue weighted by atomic mass is 10.1. The van der Waals surface area contributed by atoms with E-state index in [1.54, 1.807) is 19.2 Å². The van der Waals surface area contributed by atoms with E-state index in [1.807, 2.05) is 18.2 Å². The van der Waals surface area contributed by atoms with Crippen molar-refractivity contribution in [2.45, 2.75) is 25.4 Å². The van der Waals surface area contributed by atoms with Gasteiger partial charge in [0, 0.05) is 31.3 Å². The summed E-state index contributed by atoms with van der Waals surface area (Å²) in [6.07, 6.45) is -3.94. The van der Waals surface area contributed by atoms with E-state index in [-0.39, 0.29) is 24.4 Å². The van der Waals surface area contributed by atoms with Crippen molar-refractivity contribution in [3.8, 4) is 0 Å². The Morgan fingerprint density at radius 1 is 1.00 bits per heavy atom. The molecular weight excluding hydrogens is 345 g/mol. The molecule has 0 aromatic heterocycles. The van der Waals surface area contributed by atoms with Crippen LogP contribution in [0.2, 0.25) is 0 Å². The van der Waals surface area contributed by atoms with E-state index in [0.717, 1.165) is 17.8 Å². The second kappa shape index (κ2) is 8.51. The summed E-state index contributed by atoms with van der Waals surface area (Å²) in [4.78, 5) is 25.5. The number of carbonyl (C=O) groups excluding carboxylic acids is 2. The Balaban J connectivity index is 1.81. The maximum absolute atomic E-state index is 12.7. The molecule has 7 heteroatoms.